The molecule has 0 bridgehead atoms. The lowest BCUT2D eigenvalue weighted by molar-refractivity contribution is -0.495. The molecule has 3 N–H and O–H groups in total. The molecule has 0 radical (unpaired) electrons. The molecule has 0 aliphatic heterocycles. The van der Waals surface area contributed by atoms with Crippen molar-refractivity contribution in [1.82, 2.24) is 0 Å². The number of aliphatic hydroxyl groups excluding tert-OH is 1. The number of aliphatic hydroxyl groups is 2. The summed E-state index contributed by atoms with van der Waals surface area (Å²) in [7, 11) is 0. The van der Waals surface area contributed by atoms with Gasteiger partial charge in [-0.15, -0.1) is 6.42 Å². The Morgan fingerprint density at radius 3 is 2.61 bits per heavy atom. The topological polar surface area (TPSA) is 121 Å². The van der Waals surface area contributed by atoms with Gasteiger partial charge in [0.15, 0.2) is 0 Å². The molecule has 0 heterocycles. The minimum atomic E-state index is -1.75. The molecular formula is C11H15NO6. The fourth-order valence-corrected chi connectivity index (χ4v) is 2.55. The molecule has 0 amide bonds. The first kappa shape index (κ1) is 14.4. The number of terminal acetylenes is 1. The van der Waals surface area contributed by atoms with Gasteiger partial charge in [-0.25, -0.2) is 0 Å². The van der Waals surface area contributed by atoms with Crippen LogP contribution in [0.4, 0.5) is 0 Å². The molecule has 1 saturated carbocycles. The van der Waals surface area contributed by atoms with Crippen molar-refractivity contribution in [2.45, 2.75) is 31.5 Å². The highest BCUT2D eigenvalue weighted by Crippen LogP contribution is 2.45. The molecule has 0 spiro atoms. The second kappa shape index (κ2) is 4.55. The molecule has 0 saturated heterocycles. The smallest absolute Gasteiger partial charge is 0.310 e. The van der Waals surface area contributed by atoms with E-state index in [-0.39, 0.29) is 12.8 Å². The van der Waals surface area contributed by atoms with E-state index in [2.05, 4.69) is 5.92 Å². The molecule has 4 atom stereocenters. The minimum Gasteiger partial charge on any atom is -0.481 e. The average Bonchev–Trinajstić information content (AvgIpc) is 2.23. The molecule has 1 aliphatic rings. The fourth-order valence-electron chi connectivity index (χ4n) is 2.55. The van der Waals surface area contributed by atoms with E-state index in [1.54, 1.807) is 0 Å². The summed E-state index contributed by atoms with van der Waals surface area (Å²) in [6, 6.07) is 0. The second-order valence-electron chi connectivity index (χ2n) is 4.97. The van der Waals surface area contributed by atoms with E-state index >= 15 is 0 Å². The number of carboxylic acid groups (broad SMARTS) is 1. The highest BCUT2D eigenvalue weighted by molar-refractivity contribution is 5.75. The van der Waals surface area contributed by atoms with Crippen molar-refractivity contribution in [2.75, 3.05) is 6.54 Å². The van der Waals surface area contributed by atoms with Crippen LogP contribution >= 0.6 is 0 Å². The molecule has 0 aromatic heterocycles. The minimum absolute atomic E-state index is 0.259. The zero-order valence-electron chi connectivity index (χ0n) is 9.87. The van der Waals surface area contributed by atoms with Crippen LogP contribution in [0, 0.1) is 33.8 Å². The summed E-state index contributed by atoms with van der Waals surface area (Å²) in [4.78, 5) is 21.2. The van der Waals surface area contributed by atoms with Crippen LogP contribution < -0.4 is 0 Å². The van der Waals surface area contributed by atoms with E-state index < -0.39 is 40.5 Å². The zero-order chi connectivity index (χ0) is 14.1. The van der Waals surface area contributed by atoms with Gasteiger partial charge in [-0.2, -0.15) is 0 Å². The van der Waals surface area contributed by atoms with Gasteiger partial charge in [0.05, 0.1) is 17.4 Å². The third kappa shape index (κ3) is 2.44. The maximum Gasteiger partial charge on any atom is 0.310 e. The van der Waals surface area contributed by atoms with Crippen molar-refractivity contribution in [3.8, 4) is 12.3 Å². The summed E-state index contributed by atoms with van der Waals surface area (Å²) >= 11 is 0. The normalized spacial score (nSPS) is 39.9. The predicted octanol–water partition coefficient (Wildman–Crippen LogP) is -0.511. The van der Waals surface area contributed by atoms with Crippen LogP contribution in [0.5, 0.6) is 0 Å². The molecule has 18 heavy (non-hydrogen) atoms. The van der Waals surface area contributed by atoms with E-state index in [0.29, 0.717) is 0 Å². The van der Waals surface area contributed by atoms with Crippen LogP contribution in [0.15, 0.2) is 0 Å². The van der Waals surface area contributed by atoms with Crippen molar-refractivity contribution in [1.29, 1.82) is 0 Å². The van der Waals surface area contributed by atoms with E-state index in [9.17, 15) is 30.2 Å². The van der Waals surface area contributed by atoms with Crippen LogP contribution in [0.3, 0.4) is 0 Å². The van der Waals surface area contributed by atoms with E-state index in [1.165, 1.54) is 6.92 Å². The van der Waals surface area contributed by atoms with Crippen molar-refractivity contribution < 1.29 is 25.0 Å². The Hall–Kier alpha value is -1.65. The molecule has 4 unspecified atom stereocenters. The molecule has 0 aromatic rings. The molecule has 1 fully saturated rings. The van der Waals surface area contributed by atoms with Gasteiger partial charge < -0.3 is 15.3 Å². The van der Waals surface area contributed by atoms with Gasteiger partial charge in [-0.1, -0.05) is 5.92 Å². The monoisotopic (exact) mass is 257 g/mol. The number of carboxylic acids is 1. The van der Waals surface area contributed by atoms with Gasteiger partial charge in [-0.05, 0) is 6.92 Å². The number of nitrogens with zero attached hydrogens (tertiary/aromatic N) is 1. The van der Waals surface area contributed by atoms with Gasteiger partial charge in [-0.3, -0.25) is 14.9 Å². The number of aliphatic carboxylic acids is 1. The lowest BCUT2D eigenvalue weighted by atomic mass is 9.61. The first-order valence-electron chi connectivity index (χ1n) is 5.38. The lowest BCUT2D eigenvalue weighted by Gasteiger charge is -2.44. The van der Waals surface area contributed by atoms with Gasteiger partial charge in [0.1, 0.15) is 5.60 Å². The van der Waals surface area contributed by atoms with Crippen LogP contribution in [0.1, 0.15) is 19.8 Å². The Kier molecular flexibility index (Phi) is 3.64. The lowest BCUT2D eigenvalue weighted by Crippen LogP contribution is -2.56. The summed E-state index contributed by atoms with van der Waals surface area (Å²) in [6.45, 7) is 0.582. The number of hydrogen-bond donors (Lipinski definition) is 3. The van der Waals surface area contributed by atoms with E-state index in [4.69, 9.17) is 6.42 Å². The number of hydrogen-bond acceptors (Lipinski definition) is 5. The van der Waals surface area contributed by atoms with Crippen molar-refractivity contribution in [3.63, 3.8) is 0 Å². The highest BCUT2D eigenvalue weighted by Gasteiger charge is 2.56. The molecular weight excluding hydrogens is 242 g/mol. The molecule has 7 nitrogen and oxygen atoms in total. The van der Waals surface area contributed by atoms with E-state index in [0.717, 1.165) is 0 Å². The van der Waals surface area contributed by atoms with Crippen LogP contribution in [0.2, 0.25) is 0 Å². The Morgan fingerprint density at radius 1 is 1.67 bits per heavy atom. The van der Waals surface area contributed by atoms with Crippen LogP contribution in [-0.4, -0.2) is 44.5 Å². The second-order valence-corrected chi connectivity index (χ2v) is 4.97. The van der Waals surface area contributed by atoms with Crippen molar-refractivity contribution >= 4 is 5.97 Å². The number of carbonyl (C=O) groups is 1. The summed E-state index contributed by atoms with van der Waals surface area (Å²) in [5, 5.41) is 39.6. The Balaban J connectivity index is 3.15. The largest absolute Gasteiger partial charge is 0.481 e. The summed E-state index contributed by atoms with van der Waals surface area (Å²) in [5.41, 5.74) is -3.38. The number of nitro groups is 1. The molecule has 1 aliphatic carbocycles. The fraction of sp³-hybridized carbons (Fsp3) is 0.727. The van der Waals surface area contributed by atoms with Gasteiger partial charge >= 0.3 is 5.97 Å². The third-order valence-corrected chi connectivity index (χ3v) is 3.59. The van der Waals surface area contributed by atoms with Crippen molar-refractivity contribution in [3.05, 3.63) is 10.1 Å². The maximum atomic E-state index is 11.3. The van der Waals surface area contributed by atoms with Gasteiger partial charge in [0, 0.05) is 17.8 Å². The molecule has 7 heteroatoms. The Bertz CT molecular complexity index is 416. The van der Waals surface area contributed by atoms with Crippen LogP contribution in [-0.2, 0) is 4.79 Å². The predicted molar refractivity (Wildman–Crippen MR) is 60.1 cm³/mol. The third-order valence-electron chi connectivity index (χ3n) is 3.59. The highest BCUT2D eigenvalue weighted by atomic mass is 16.6. The van der Waals surface area contributed by atoms with Gasteiger partial charge in [0.25, 0.3) is 0 Å². The maximum absolute atomic E-state index is 11.3. The first-order valence-corrected chi connectivity index (χ1v) is 5.38. The molecule has 100 valence electrons. The van der Waals surface area contributed by atoms with Gasteiger partial charge in [0.2, 0.25) is 6.54 Å². The Morgan fingerprint density at radius 2 is 2.22 bits per heavy atom. The summed E-state index contributed by atoms with van der Waals surface area (Å²) in [6.07, 6.45) is 3.23. The Labute approximate surface area is 104 Å². The summed E-state index contributed by atoms with van der Waals surface area (Å²) < 4.78 is 0. The summed E-state index contributed by atoms with van der Waals surface area (Å²) in [5.74, 6) is -0.345. The number of rotatable bonds is 3. The van der Waals surface area contributed by atoms with E-state index in [1.807, 2.05) is 0 Å². The average molecular weight is 257 g/mol. The molecule has 1 rings (SSSR count). The zero-order valence-corrected chi connectivity index (χ0v) is 9.87. The molecule has 0 aromatic carbocycles. The standard InChI is InChI=1S/C11H15NO6/c1-3-11(16)4-8(13)7(5-12(17)18)10(2,6-11)9(14)15/h1,7-8,13,16H,4-6H2,2H3,(H,14,15). The quantitative estimate of drug-likeness (QED) is 0.355. The first-order chi connectivity index (χ1) is 8.14. The SMILES string of the molecule is C#CC1(O)CC(O)C(C[N+](=O)[O-])C(C)(C(=O)O)C1. The van der Waals surface area contributed by atoms with Crippen molar-refractivity contribution in [2.24, 2.45) is 11.3 Å². The van der Waals surface area contributed by atoms with Crippen LogP contribution in [0.25, 0.3) is 0 Å².